The van der Waals surface area contributed by atoms with Crippen molar-refractivity contribution in [2.24, 2.45) is 0 Å². The zero-order chi connectivity index (χ0) is 15.6. The minimum Gasteiger partial charge on any atom is -0.478 e. The van der Waals surface area contributed by atoms with Crippen molar-refractivity contribution in [1.82, 2.24) is 4.98 Å². The first-order valence-electron chi connectivity index (χ1n) is 5.54. The second-order valence-corrected chi connectivity index (χ2v) is 5.11. The molecule has 2 aromatic rings. The standard InChI is InChI=1S/C13H7Cl3N2O3/c14-7-2-3-8(15)11(10(7)13(20)21)18-12(19)6-1-4-9(16)17-5-6/h1-5H,(H,18,19)(H,20,21). The molecule has 0 bridgehead atoms. The van der Waals surface area contributed by atoms with E-state index in [9.17, 15) is 9.59 Å². The predicted octanol–water partition coefficient (Wildman–Crippen LogP) is 3.99. The van der Waals surface area contributed by atoms with Crippen LogP contribution in [-0.2, 0) is 0 Å². The number of benzene rings is 1. The van der Waals surface area contributed by atoms with E-state index < -0.39 is 11.9 Å². The summed E-state index contributed by atoms with van der Waals surface area (Å²) < 4.78 is 0. The number of halogens is 3. The SMILES string of the molecule is O=C(Nc1c(Cl)ccc(Cl)c1C(=O)O)c1ccc(Cl)nc1. The first-order valence-corrected chi connectivity index (χ1v) is 6.67. The number of anilines is 1. The Bertz CT molecular complexity index is 717. The number of pyridine rings is 1. The maximum Gasteiger partial charge on any atom is 0.339 e. The molecule has 8 heteroatoms. The Morgan fingerprint density at radius 2 is 1.71 bits per heavy atom. The molecule has 0 radical (unpaired) electrons. The third-order valence-corrected chi connectivity index (χ3v) is 3.40. The number of nitrogens with zero attached hydrogens (tertiary/aromatic N) is 1. The zero-order valence-corrected chi connectivity index (χ0v) is 12.5. The number of amides is 1. The number of hydrogen-bond acceptors (Lipinski definition) is 3. The lowest BCUT2D eigenvalue weighted by Crippen LogP contribution is -2.15. The molecule has 0 unspecified atom stereocenters. The fourth-order valence-corrected chi connectivity index (χ4v) is 2.13. The lowest BCUT2D eigenvalue weighted by atomic mass is 10.1. The van der Waals surface area contributed by atoms with Gasteiger partial charge in [0, 0.05) is 6.20 Å². The maximum atomic E-state index is 12.1. The molecule has 108 valence electrons. The van der Waals surface area contributed by atoms with Crippen LogP contribution in [0.15, 0.2) is 30.5 Å². The smallest absolute Gasteiger partial charge is 0.339 e. The predicted molar refractivity (Wildman–Crippen MR) is 80.6 cm³/mol. The second kappa shape index (κ2) is 6.30. The number of carbonyl (C=O) groups is 2. The molecule has 5 nitrogen and oxygen atoms in total. The molecule has 0 fully saturated rings. The number of aromatic nitrogens is 1. The van der Waals surface area contributed by atoms with Crippen LogP contribution in [0.3, 0.4) is 0 Å². The molecule has 1 amide bonds. The molecular weight excluding hydrogens is 339 g/mol. The average Bonchev–Trinajstić information content (AvgIpc) is 2.43. The molecule has 2 rings (SSSR count). The van der Waals surface area contributed by atoms with E-state index in [0.717, 1.165) is 0 Å². The van der Waals surface area contributed by atoms with Crippen LogP contribution >= 0.6 is 34.8 Å². The van der Waals surface area contributed by atoms with Gasteiger partial charge in [0.1, 0.15) is 10.7 Å². The van der Waals surface area contributed by atoms with Crippen LogP contribution in [0, 0.1) is 0 Å². The monoisotopic (exact) mass is 344 g/mol. The second-order valence-electron chi connectivity index (χ2n) is 3.91. The van der Waals surface area contributed by atoms with Crippen LogP contribution in [0.5, 0.6) is 0 Å². The van der Waals surface area contributed by atoms with E-state index in [1.54, 1.807) is 0 Å². The number of carboxylic acid groups (broad SMARTS) is 1. The third-order valence-electron chi connectivity index (χ3n) is 2.55. The minimum atomic E-state index is -1.30. The van der Waals surface area contributed by atoms with Gasteiger partial charge in [-0.05, 0) is 24.3 Å². The highest BCUT2D eigenvalue weighted by Gasteiger charge is 2.20. The van der Waals surface area contributed by atoms with Gasteiger partial charge in [0.05, 0.1) is 21.3 Å². The van der Waals surface area contributed by atoms with Gasteiger partial charge in [-0.1, -0.05) is 34.8 Å². The third kappa shape index (κ3) is 3.44. The molecule has 0 saturated heterocycles. The molecular formula is C13H7Cl3N2O3. The van der Waals surface area contributed by atoms with Crippen LogP contribution in [0.1, 0.15) is 20.7 Å². The van der Waals surface area contributed by atoms with Gasteiger partial charge in [-0.25, -0.2) is 9.78 Å². The lowest BCUT2D eigenvalue weighted by molar-refractivity contribution is 0.0698. The summed E-state index contributed by atoms with van der Waals surface area (Å²) in [5.74, 6) is -1.88. The minimum absolute atomic E-state index is 0.0311. The number of hydrogen-bond donors (Lipinski definition) is 2. The summed E-state index contributed by atoms with van der Waals surface area (Å²) in [6.07, 6.45) is 1.26. The van der Waals surface area contributed by atoms with E-state index in [2.05, 4.69) is 10.3 Å². The Morgan fingerprint density at radius 3 is 2.29 bits per heavy atom. The topological polar surface area (TPSA) is 79.3 Å². The Hall–Kier alpha value is -1.82. The summed E-state index contributed by atoms with van der Waals surface area (Å²) >= 11 is 17.4. The van der Waals surface area contributed by atoms with Crippen molar-refractivity contribution in [3.05, 3.63) is 56.8 Å². The largest absolute Gasteiger partial charge is 0.478 e. The first kappa shape index (κ1) is 15.6. The molecule has 0 saturated carbocycles. The molecule has 0 aliphatic carbocycles. The molecule has 0 aliphatic rings. The summed E-state index contributed by atoms with van der Waals surface area (Å²) in [4.78, 5) is 27.1. The van der Waals surface area contributed by atoms with Gasteiger partial charge >= 0.3 is 5.97 Å². The summed E-state index contributed by atoms with van der Waals surface area (Å²) in [5.41, 5.74) is -0.150. The van der Waals surface area contributed by atoms with Crippen LogP contribution < -0.4 is 5.32 Å². The van der Waals surface area contributed by atoms with Crippen molar-refractivity contribution < 1.29 is 14.7 Å². The summed E-state index contributed by atoms with van der Waals surface area (Å²) in [6.45, 7) is 0. The van der Waals surface area contributed by atoms with Crippen LogP contribution in [0.2, 0.25) is 15.2 Å². The summed E-state index contributed by atoms with van der Waals surface area (Å²) in [6, 6.07) is 5.62. The van der Waals surface area contributed by atoms with Crippen LogP contribution in [-0.4, -0.2) is 22.0 Å². The van der Waals surface area contributed by atoms with Crippen molar-refractivity contribution in [1.29, 1.82) is 0 Å². The molecule has 0 atom stereocenters. The van der Waals surface area contributed by atoms with E-state index in [1.165, 1.54) is 30.5 Å². The van der Waals surface area contributed by atoms with Crippen molar-refractivity contribution in [2.45, 2.75) is 0 Å². The van der Waals surface area contributed by atoms with E-state index in [4.69, 9.17) is 39.9 Å². The number of carbonyl (C=O) groups excluding carboxylic acids is 1. The number of carboxylic acids is 1. The molecule has 0 spiro atoms. The van der Waals surface area contributed by atoms with Gasteiger partial charge < -0.3 is 10.4 Å². The van der Waals surface area contributed by atoms with Crippen molar-refractivity contribution in [2.75, 3.05) is 5.32 Å². The van der Waals surface area contributed by atoms with Crippen molar-refractivity contribution in [3.63, 3.8) is 0 Å². The quantitative estimate of drug-likeness (QED) is 0.824. The van der Waals surface area contributed by atoms with Gasteiger partial charge in [0.15, 0.2) is 0 Å². The molecule has 1 aromatic heterocycles. The Kier molecular flexibility index (Phi) is 4.67. The highest BCUT2D eigenvalue weighted by molar-refractivity contribution is 6.38. The molecule has 1 heterocycles. The molecule has 21 heavy (non-hydrogen) atoms. The van der Waals surface area contributed by atoms with Gasteiger partial charge in [0.25, 0.3) is 5.91 Å². The maximum absolute atomic E-state index is 12.1. The van der Waals surface area contributed by atoms with E-state index in [1.807, 2.05) is 0 Å². The van der Waals surface area contributed by atoms with E-state index in [0.29, 0.717) is 0 Å². The van der Waals surface area contributed by atoms with E-state index in [-0.39, 0.29) is 32.0 Å². The Labute approximate surface area is 134 Å². The zero-order valence-electron chi connectivity index (χ0n) is 10.2. The van der Waals surface area contributed by atoms with Crippen molar-refractivity contribution in [3.8, 4) is 0 Å². The van der Waals surface area contributed by atoms with Crippen LogP contribution in [0.25, 0.3) is 0 Å². The van der Waals surface area contributed by atoms with Gasteiger partial charge in [0.2, 0.25) is 0 Å². The first-order chi connectivity index (χ1) is 9.90. The van der Waals surface area contributed by atoms with Gasteiger partial charge in [-0.3, -0.25) is 4.79 Å². The Morgan fingerprint density at radius 1 is 1.05 bits per heavy atom. The van der Waals surface area contributed by atoms with E-state index >= 15 is 0 Å². The normalized spacial score (nSPS) is 10.2. The molecule has 1 aromatic carbocycles. The highest BCUT2D eigenvalue weighted by Crippen LogP contribution is 2.32. The number of aromatic carboxylic acids is 1. The van der Waals surface area contributed by atoms with Gasteiger partial charge in [-0.15, -0.1) is 0 Å². The average molecular weight is 346 g/mol. The van der Waals surface area contributed by atoms with Gasteiger partial charge in [-0.2, -0.15) is 0 Å². The number of nitrogens with one attached hydrogen (secondary N) is 1. The highest BCUT2D eigenvalue weighted by atomic mass is 35.5. The summed E-state index contributed by atoms with van der Waals surface area (Å²) in [5, 5.41) is 11.8. The fraction of sp³-hybridized carbons (Fsp3) is 0. The van der Waals surface area contributed by atoms with Crippen LogP contribution in [0.4, 0.5) is 5.69 Å². The lowest BCUT2D eigenvalue weighted by Gasteiger charge is -2.11. The fourth-order valence-electron chi connectivity index (χ4n) is 1.58. The molecule has 2 N–H and O–H groups in total. The number of rotatable bonds is 3. The Balaban J connectivity index is 2.39. The van der Waals surface area contributed by atoms with Crippen molar-refractivity contribution >= 4 is 52.4 Å². The molecule has 0 aliphatic heterocycles. The summed E-state index contributed by atoms with van der Waals surface area (Å²) in [7, 11) is 0.